The Balaban J connectivity index is 1.77. The fourth-order valence-corrected chi connectivity index (χ4v) is 3.14. The van der Waals surface area contributed by atoms with E-state index in [0.29, 0.717) is 19.5 Å². The van der Waals surface area contributed by atoms with Crippen molar-refractivity contribution in [3.05, 3.63) is 78.9 Å². The Morgan fingerprint density at radius 1 is 1.15 bits per heavy atom. The van der Waals surface area contributed by atoms with Gasteiger partial charge in [0.25, 0.3) is 0 Å². The molecule has 134 valence electrons. The molecule has 1 saturated heterocycles. The van der Waals surface area contributed by atoms with E-state index in [4.69, 9.17) is 0 Å². The Hall–Kier alpha value is -2.92. The van der Waals surface area contributed by atoms with Gasteiger partial charge in [-0.05, 0) is 24.1 Å². The predicted octanol–water partition coefficient (Wildman–Crippen LogP) is 2.74. The van der Waals surface area contributed by atoms with E-state index in [1.165, 1.54) is 0 Å². The first-order valence-electron chi connectivity index (χ1n) is 8.75. The minimum Gasteiger partial charge on any atom is -0.338 e. The summed E-state index contributed by atoms with van der Waals surface area (Å²) in [7, 11) is 0. The molecule has 0 bridgehead atoms. The number of hydrogen-bond donors (Lipinski definition) is 2. The van der Waals surface area contributed by atoms with E-state index in [9.17, 15) is 9.59 Å². The molecule has 0 aromatic heterocycles. The molecule has 5 heteroatoms. The molecule has 2 aromatic carbocycles. The summed E-state index contributed by atoms with van der Waals surface area (Å²) in [6.45, 7) is 4.89. The maximum atomic E-state index is 12.9. The van der Waals surface area contributed by atoms with Crippen LogP contribution in [0.2, 0.25) is 0 Å². The van der Waals surface area contributed by atoms with Crippen LogP contribution in [-0.2, 0) is 9.59 Å². The van der Waals surface area contributed by atoms with Gasteiger partial charge in [-0.1, -0.05) is 54.6 Å². The van der Waals surface area contributed by atoms with Crippen molar-refractivity contribution < 1.29 is 9.59 Å². The number of nitrogens with one attached hydrogen (secondary N) is 2. The van der Waals surface area contributed by atoms with Crippen LogP contribution in [0.4, 0.5) is 5.69 Å². The Morgan fingerprint density at radius 2 is 1.81 bits per heavy atom. The normalized spacial score (nSPS) is 17.8. The zero-order chi connectivity index (χ0) is 18.4. The van der Waals surface area contributed by atoms with Crippen molar-refractivity contribution >= 4 is 17.5 Å². The number of hydrogen-bond acceptors (Lipinski definition) is 3. The zero-order valence-electron chi connectivity index (χ0n) is 14.6. The molecule has 1 aliphatic rings. The highest BCUT2D eigenvalue weighted by atomic mass is 16.2. The van der Waals surface area contributed by atoms with Crippen molar-refractivity contribution in [3.8, 4) is 0 Å². The lowest BCUT2D eigenvalue weighted by Gasteiger charge is -2.22. The molecule has 1 heterocycles. The third-order valence-corrected chi connectivity index (χ3v) is 4.45. The summed E-state index contributed by atoms with van der Waals surface area (Å²) >= 11 is 0. The van der Waals surface area contributed by atoms with Gasteiger partial charge in [0.2, 0.25) is 11.8 Å². The van der Waals surface area contributed by atoms with Crippen molar-refractivity contribution in [2.45, 2.75) is 18.5 Å². The van der Waals surface area contributed by atoms with Crippen molar-refractivity contribution in [1.29, 1.82) is 0 Å². The molecule has 1 fully saturated rings. The number of para-hydroxylation sites is 1. The molecule has 3 rings (SSSR count). The summed E-state index contributed by atoms with van der Waals surface area (Å²) in [5.74, 6) is -0.171. The van der Waals surface area contributed by atoms with Crippen molar-refractivity contribution in [3.63, 3.8) is 0 Å². The van der Waals surface area contributed by atoms with Gasteiger partial charge in [0.15, 0.2) is 0 Å². The van der Waals surface area contributed by atoms with Crippen LogP contribution in [0.15, 0.2) is 73.3 Å². The van der Waals surface area contributed by atoms with Crippen LogP contribution in [0.5, 0.6) is 0 Å². The van der Waals surface area contributed by atoms with Crippen molar-refractivity contribution in [2.75, 3.05) is 18.4 Å². The lowest BCUT2D eigenvalue weighted by atomic mass is 10.0. The van der Waals surface area contributed by atoms with Gasteiger partial charge in [0.05, 0.1) is 6.04 Å². The van der Waals surface area contributed by atoms with E-state index in [2.05, 4.69) is 17.2 Å². The van der Waals surface area contributed by atoms with Crippen LogP contribution in [0, 0.1) is 0 Å². The van der Waals surface area contributed by atoms with E-state index in [0.717, 1.165) is 11.3 Å². The lowest BCUT2D eigenvalue weighted by Crippen LogP contribution is -2.44. The van der Waals surface area contributed by atoms with Crippen LogP contribution in [0.3, 0.4) is 0 Å². The monoisotopic (exact) mass is 349 g/mol. The highest BCUT2D eigenvalue weighted by Gasteiger charge is 2.34. The Labute approximate surface area is 153 Å². The largest absolute Gasteiger partial charge is 0.338 e. The van der Waals surface area contributed by atoms with E-state index in [-0.39, 0.29) is 17.9 Å². The molecule has 5 nitrogen and oxygen atoms in total. The summed E-state index contributed by atoms with van der Waals surface area (Å²) in [6, 6.07) is 17.8. The second kappa shape index (κ2) is 8.45. The van der Waals surface area contributed by atoms with Crippen LogP contribution >= 0.6 is 0 Å². The third kappa shape index (κ3) is 4.18. The number of rotatable bonds is 7. The smallest absolute Gasteiger partial charge is 0.246 e. The highest BCUT2D eigenvalue weighted by molar-refractivity contribution is 5.96. The van der Waals surface area contributed by atoms with Gasteiger partial charge < -0.3 is 10.2 Å². The number of anilines is 1. The van der Waals surface area contributed by atoms with Crippen LogP contribution < -0.4 is 10.6 Å². The van der Waals surface area contributed by atoms with E-state index in [1.54, 1.807) is 11.0 Å². The summed E-state index contributed by atoms with van der Waals surface area (Å²) in [5, 5.41) is 6.18. The SMILES string of the molecule is C=CCN1CC[C@@H](N[C@@H](C(=O)Nc2ccccc2)c2ccccc2)C1=O. The van der Waals surface area contributed by atoms with Gasteiger partial charge in [-0.3, -0.25) is 14.9 Å². The van der Waals surface area contributed by atoms with Crippen molar-refractivity contribution in [1.82, 2.24) is 10.2 Å². The molecule has 0 radical (unpaired) electrons. The van der Waals surface area contributed by atoms with Crippen molar-refractivity contribution in [2.24, 2.45) is 0 Å². The Bertz CT molecular complexity index is 761. The molecule has 2 N–H and O–H groups in total. The van der Waals surface area contributed by atoms with Crippen LogP contribution in [0.1, 0.15) is 18.0 Å². The third-order valence-electron chi connectivity index (χ3n) is 4.45. The van der Waals surface area contributed by atoms with Gasteiger partial charge in [0.1, 0.15) is 6.04 Å². The first-order chi connectivity index (χ1) is 12.7. The fourth-order valence-electron chi connectivity index (χ4n) is 3.14. The molecular weight excluding hydrogens is 326 g/mol. The topological polar surface area (TPSA) is 61.4 Å². The fraction of sp³-hybridized carbons (Fsp3) is 0.238. The molecular formula is C21H23N3O2. The second-order valence-corrected chi connectivity index (χ2v) is 6.28. The van der Waals surface area contributed by atoms with Gasteiger partial charge in [-0.15, -0.1) is 6.58 Å². The summed E-state index contributed by atoms with van der Waals surface area (Å²) in [6.07, 6.45) is 2.39. The quantitative estimate of drug-likeness (QED) is 0.756. The number of carbonyl (C=O) groups is 2. The van der Waals surface area contributed by atoms with Gasteiger partial charge in [-0.25, -0.2) is 0 Å². The number of amides is 2. The maximum absolute atomic E-state index is 12.9. The van der Waals surface area contributed by atoms with E-state index in [1.807, 2.05) is 60.7 Å². The highest BCUT2D eigenvalue weighted by Crippen LogP contribution is 2.20. The Kier molecular flexibility index (Phi) is 5.81. The number of likely N-dealkylation sites (tertiary alicyclic amines) is 1. The minimum atomic E-state index is -0.603. The average molecular weight is 349 g/mol. The summed E-state index contributed by atoms with van der Waals surface area (Å²) < 4.78 is 0. The molecule has 26 heavy (non-hydrogen) atoms. The predicted molar refractivity (Wildman–Crippen MR) is 103 cm³/mol. The molecule has 0 spiro atoms. The standard InChI is InChI=1S/C21H23N3O2/c1-2-14-24-15-13-18(21(24)26)23-19(16-9-5-3-6-10-16)20(25)22-17-11-7-4-8-12-17/h2-12,18-19,23H,1,13-15H2,(H,22,25)/t18-,19-/m1/s1. The molecule has 2 atom stereocenters. The van der Waals surface area contributed by atoms with Gasteiger partial charge in [0, 0.05) is 18.8 Å². The lowest BCUT2D eigenvalue weighted by molar-refractivity contribution is -0.129. The van der Waals surface area contributed by atoms with Gasteiger partial charge >= 0.3 is 0 Å². The molecule has 2 aromatic rings. The molecule has 1 aliphatic heterocycles. The first kappa shape index (κ1) is 17.9. The Morgan fingerprint density at radius 3 is 2.46 bits per heavy atom. The van der Waals surface area contributed by atoms with Crippen LogP contribution in [-0.4, -0.2) is 35.8 Å². The van der Waals surface area contributed by atoms with Gasteiger partial charge in [-0.2, -0.15) is 0 Å². The summed E-state index contributed by atoms with van der Waals surface area (Å²) in [4.78, 5) is 27.2. The van der Waals surface area contributed by atoms with E-state index >= 15 is 0 Å². The minimum absolute atomic E-state index is 0.0124. The summed E-state index contributed by atoms with van der Waals surface area (Å²) in [5.41, 5.74) is 1.56. The molecule has 2 amide bonds. The number of carbonyl (C=O) groups excluding carboxylic acids is 2. The second-order valence-electron chi connectivity index (χ2n) is 6.28. The molecule has 0 unspecified atom stereocenters. The average Bonchev–Trinajstić information content (AvgIpc) is 3.01. The van der Waals surface area contributed by atoms with E-state index < -0.39 is 6.04 Å². The zero-order valence-corrected chi connectivity index (χ0v) is 14.6. The van der Waals surface area contributed by atoms with Crippen LogP contribution in [0.25, 0.3) is 0 Å². The maximum Gasteiger partial charge on any atom is 0.246 e. The molecule has 0 aliphatic carbocycles. The number of benzene rings is 2. The molecule has 0 saturated carbocycles. The number of nitrogens with zero attached hydrogens (tertiary/aromatic N) is 1. The first-order valence-corrected chi connectivity index (χ1v) is 8.75.